The van der Waals surface area contributed by atoms with Gasteiger partial charge in [0.2, 0.25) is 0 Å². The van der Waals surface area contributed by atoms with Crippen LogP contribution in [0.3, 0.4) is 0 Å². The van der Waals surface area contributed by atoms with E-state index in [4.69, 9.17) is 5.73 Å². The van der Waals surface area contributed by atoms with Gasteiger partial charge < -0.3 is 11.1 Å². The highest BCUT2D eigenvalue weighted by Crippen LogP contribution is 2.29. The Morgan fingerprint density at radius 1 is 1.33 bits per heavy atom. The Balaban J connectivity index is 1.77. The molecule has 0 radical (unpaired) electrons. The van der Waals surface area contributed by atoms with Gasteiger partial charge in [0.15, 0.2) is 0 Å². The molecular weight excluding hydrogens is 295 g/mol. The Bertz CT molecular complexity index is 403. The van der Waals surface area contributed by atoms with Crippen molar-refractivity contribution in [3.05, 3.63) is 22.4 Å². The second-order valence-corrected chi connectivity index (χ2v) is 5.93. The average molecular weight is 315 g/mol. The van der Waals surface area contributed by atoms with E-state index < -0.39 is 0 Å². The van der Waals surface area contributed by atoms with E-state index in [1.54, 1.807) is 6.07 Å². The molecular formula is C14H20BrFN2. The Morgan fingerprint density at radius 3 is 2.78 bits per heavy atom. The number of hydrogen-bond acceptors (Lipinski definition) is 2. The molecule has 0 atom stereocenters. The lowest BCUT2D eigenvalue weighted by atomic mass is 10.0. The third kappa shape index (κ3) is 3.61. The van der Waals surface area contributed by atoms with E-state index in [9.17, 15) is 4.39 Å². The molecule has 0 unspecified atom stereocenters. The molecule has 0 aromatic heterocycles. The highest BCUT2D eigenvalue weighted by atomic mass is 79.9. The second kappa shape index (κ2) is 6.41. The maximum Gasteiger partial charge on any atom is 0.139 e. The second-order valence-electron chi connectivity index (χ2n) is 5.07. The SMILES string of the molecule is Nc1cc(Br)c(F)cc1NCCCC1CCCC1. The molecule has 3 N–H and O–H groups in total. The molecule has 1 aromatic rings. The van der Waals surface area contributed by atoms with Gasteiger partial charge in [-0.25, -0.2) is 4.39 Å². The minimum atomic E-state index is -0.275. The van der Waals surface area contributed by atoms with E-state index in [0.29, 0.717) is 15.8 Å². The van der Waals surface area contributed by atoms with Gasteiger partial charge in [-0.2, -0.15) is 0 Å². The molecule has 1 aromatic carbocycles. The van der Waals surface area contributed by atoms with Crippen molar-refractivity contribution in [2.45, 2.75) is 38.5 Å². The molecule has 4 heteroatoms. The summed E-state index contributed by atoms with van der Waals surface area (Å²) in [6, 6.07) is 3.06. The summed E-state index contributed by atoms with van der Waals surface area (Å²) in [5.41, 5.74) is 7.12. The van der Waals surface area contributed by atoms with Crippen LogP contribution in [0.2, 0.25) is 0 Å². The molecule has 0 aliphatic heterocycles. The fourth-order valence-electron chi connectivity index (χ4n) is 2.63. The molecule has 2 nitrogen and oxygen atoms in total. The summed E-state index contributed by atoms with van der Waals surface area (Å²) in [4.78, 5) is 0. The number of nitrogens with one attached hydrogen (secondary N) is 1. The number of nitrogen functional groups attached to an aromatic ring is 1. The van der Waals surface area contributed by atoms with E-state index in [1.807, 2.05) is 0 Å². The zero-order valence-corrected chi connectivity index (χ0v) is 12.1. The quantitative estimate of drug-likeness (QED) is 0.618. The summed E-state index contributed by atoms with van der Waals surface area (Å²) in [6.45, 7) is 0.863. The minimum absolute atomic E-state index is 0.275. The van der Waals surface area contributed by atoms with Crippen molar-refractivity contribution in [3.8, 4) is 0 Å². The lowest BCUT2D eigenvalue weighted by molar-refractivity contribution is 0.491. The summed E-state index contributed by atoms with van der Waals surface area (Å²) >= 11 is 3.12. The highest BCUT2D eigenvalue weighted by molar-refractivity contribution is 9.10. The van der Waals surface area contributed by atoms with E-state index >= 15 is 0 Å². The van der Waals surface area contributed by atoms with Crippen molar-refractivity contribution in [3.63, 3.8) is 0 Å². The number of rotatable bonds is 5. The van der Waals surface area contributed by atoms with Crippen LogP contribution in [-0.2, 0) is 0 Å². The Morgan fingerprint density at radius 2 is 2.06 bits per heavy atom. The van der Waals surface area contributed by atoms with Crippen LogP contribution in [0.4, 0.5) is 15.8 Å². The van der Waals surface area contributed by atoms with Gasteiger partial charge in [-0.3, -0.25) is 0 Å². The molecule has 0 spiro atoms. The van der Waals surface area contributed by atoms with Crippen LogP contribution < -0.4 is 11.1 Å². The van der Waals surface area contributed by atoms with Crippen molar-refractivity contribution >= 4 is 27.3 Å². The third-order valence-corrected chi connectivity index (χ3v) is 4.28. The molecule has 100 valence electrons. The number of hydrogen-bond donors (Lipinski definition) is 2. The molecule has 0 heterocycles. The van der Waals surface area contributed by atoms with Gasteiger partial charge in [0, 0.05) is 12.6 Å². The maximum absolute atomic E-state index is 13.4. The fourth-order valence-corrected chi connectivity index (χ4v) is 2.99. The van der Waals surface area contributed by atoms with Crippen LogP contribution in [-0.4, -0.2) is 6.54 Å². The molecule has 1 aliphatic rings. The topological polar surface area (TPSA) is 38.0 Å². The first-order valence-corrected chi connectivity index (χ1v) is 7.44. The van der Waals surface area contributed by atoms with Crippen LogP contribution in [0.5, 0.6) is 0 Å². The van der Waals surface area contributed by atoms with Crippen molar-refractivity contribution in [2.24, 2.45) is 5.92 Å². The van der Waals surface area contributed by atoms with Gasteiger partial charge in [-0.05, 0) is 40.8 Å². The van der Waals surface area contributed by atoms with Crippen molar-refractivity contribution in [2.75, 3.05) is 17.6 Å². The third-order valence-electron chi connectivity index (χ3n) is 3.67. The number of halogens is 2. The van der Waals surface area contributed by atoms with E-state index in [-0.39, 0.29) is 5.82 Å². The van der Waals surface area contributed by atoms with Crippen LogP contribution >= 0.6 is 15.9 Å². The Labute approximate surface area is 116 Å². The average Bonchev–Trinajstić information content (AvgIpc) is 2.84. The standard InChI is InChI=1S/C14H20BrFN2/c15-11-8-13(17)14(9-12(11)16)18-7-3-6-10-4-1-2-5-10/h8-10,18H,1-7,17H2. The molecule has 2 rings (SSSR count). The summed E-state index contributed by atoms with van der Waals surface area (Å²) in [5.74, 6) is 0.633. The normalized spacial score (nSPS) is 16.1. The summed E-state index contributed by atoms with van der Waals surface area (Å²) < 4.78 is 13.8. The largest absolute Gasteiger partial charge is 0.397 e. The summed E-state index contributed by atoms with van der Waals surface area (Å²) in [7, 11) is 0. The van der Waals surface area contributed by atoms with Crippen molar-refractivity contribution < 1.29 is 4.39 Å². The van der Waals surface area contributed by atoms with E-state index in [0.717, 1.165) is 18.9 Å². The van der Waals surface area contributed by atoms with Gasteiger partial charge in [0.05, 0.1) is 15.8 Å². The first kappa shape index (κ1) is 13.7. The highest BCUT2D eigenvalue weighted by Gasteiger charge is 2.14. The lowest BCUT2D eigenvalue weighted by Gasteiger charge is -2.12. The van der Waals surface area contributed by atoms with Crippen molar-refractivity contribution in [1.29, 1.82) is 0 Å². The number of anilines is 2. The number of nitrogens with two attached hydrogens (primary N) is 1. The molecule has 1 saturated carbocycles. The maximum atomic E-state index is 13.4. The van der Waals surface area contributed by atoms with Crippen LogP contribution in [0.15, 0.2) is 16.6 Å². The zero-order chi connectivity index (χ0) is 13.0. The van der Waals surface area contributed by atoms with Gasteiger partial charge in [0.25, 0.3) is 0 Å². The predicted octanol–water partition coefficient (Wildman–Crippen LogP) is 4.55. The zero-order valence-electron chi connectivity index (χ0n) is 10.5. The van der Waals surface area contributed by atoms with E-state index in [2.05, 4.69) is 21.2 Å². The van der Waals surface area contributed by atoms with Crippen LogP contribution in [0.25, 0.3) is 0 Å². The molecule has 0 amide bonds. The van der Waals surface area contributed by atoms with Gasteiger partial charge in [-0.15, -0.1) is 0 Å². The van der Waals surface area contributed by atoms with Gasteiger partial charge in [0.1, 0.15) is 5.82 Å². The monoisotopic (exact) mass is 314 g/mol. The number of benzene rings is 1. The smallest absolute Gasteiger partial charge is 0.139 e. The molecule has 1 fully saturated rings. The van der Waals surface area contributed by atoms with Crippen molar-refractivity contribution in [1.82, 2.24) is 0 Å². The lowest BCUT2D eigenvalue weighted by Crippen LogP contribution is -2.06. The fraction of sp³-hybridized carbons (Fsp3) is 0.571. The molecule has 0 saturated heterocycles. The Kier molecular flexibility index (Phi) is 4.87. The predicted molar refractivity (Wildman–Crippen MR) is 78.2 cm³/mol. The Hall–Kier alpha value is -0.770. The molecule has 0 bridgehead atoms. The van der Waals surface area contributed by atoms with Gasteiger partial charge in [-0.1, -0.05) is 25.7 Å². The first-order chi connectivity index (χ1) is 8.66. The van der Waals surface area contributed by atoms with Gasteiger partial charge >= 0.3 is 0 Å². The van der Waals surface area contributed by atoms with E-state index in [1.165, 1.54) is 38.2 Å². The summed E-state index contributed by atoms with van der Waals surface area (Å²) in [5, 5.41) is 3.22. The van der Waals surface area contributed by atoms with Crippen LogP contribution in [0, 0.1) is 11.7 Å². The first-order valence-electron chi connectivity index (χ1n) is 6.65. The van der Waals surface area contributed by atoms with Crippen LogP contribution in [0.1, 0.15) is 38.5 Å². The molecule has 18 heavy (non-hydrogen) atoms. The molecule has 1 aliphatic carbocycles. The minimum Gasteiger partial charge on any atom is -0.397 e. The summed E-state index contributed by atoms with van der Waals surface area (Å²) in [6.07, 6.45) is 7.95.